The molecular weight excluding hydrogens is 242 g/mol. The lowest BCUT2D eigenvalue weighted by molar-refractivity contribution is -0.384. The third kappa shape index (κ3) is 3.82. The van der Waals surface area contributed by atoms with Gasteiger partial charge in [-0.3, -0.25) is 14.9 Å². The van der Waals surface area contributed by atoms with Crippen molar-refractivity contribution in [1.29, 1.82) is 0 Å². The quantitative estimate of drug-likeness (QED) is 0.338. The maximum atomic E-state index is 11.8. The summed E-state index contributed by atoms with van der Waals surface area (Å²) in [6, 6.07) is 5.52. The molecule has 0 spiro atoms. The Morgan fingerprint density at radius 3 is 2.47 bits per heavy atom. The zero-order chi connectivity index (χ0) is 12.8. The van der Waals surface area contributed by atoms with Crippen LogP contribution in [-0.2, 0) is 0 Å². The summed E-state index contributed by atoms with van der Waals surface area (Å²) >= 11 is 5.96. The highest BCUT2D eigenvalue weighted by atomic mass is 35.5. The number of hydrogen-bond donors (Lipinski definition) is 0. The topological polar surface area (TPSA) is 60.2 Å². The maximum Gasteiger partial charge on any atom is 0.269 e. The highest BCUT2D eigenvalue weighted by Gasteiger charge is 2.17. The molecule has 1 unspecified atom stereocenters. The van der Waals surface area contributed by atoms with Gasteiger partial charge < -0.3 is 0 Å². The first kappa shape index (κ1) is 13.6. The van der Waals surface area contributed by atoms with Gasteiger partial charge in [0.15, 0.2) is 5.78 Å². The van der Waals surface area contributed by atoms with E-state index in [1.54, 1.807) is 0 Å². The predicted octanol–water partition coefficient (Wildman–Crippen LogP) is 3.58. The van der Waals surface area contributed by atoms with E-state index in [9.17, 15) is 14.9 Å². The minimum absolute atomic E-state index is 0.0266. The number of unbranched alkanes of at least 4 members (excludes halogenated alkanes) is 1. The molecule has 5 heteroatoms. The van der Waals surface area contributed by atoms with E-state index in [1.807, 2.05) is 6.92 Å². The van der Waals surface area contributed by atoms with Crippen molar-refractivity contribution in [3.05, 3.63) is 39.9 Å². The van der Waals surface area contributed by atoms with Crippen LogP contribution in [0.15, 0.2) is 24.3 Å². The monoisotopic (exact) mass is 255 g/mol. The van der Waals surface area contributed by atoms with Crippen molar-refractivity contribution in [1.82, 2.24) is 0 Å². The van der Waals surface area contributed by atoms with E-state index in [2.05, 4.69) is 0 Å². The van der Waals surface area contributed by atoms with Crippen LogP contribution in [0.1, 0.15) is 36.5 Å². The fourth-order valence-electron chi connectivity index (χ4n) is 1.44. The third-order valence-corrected chi connectivity index (χ3v) is 2.87. The van der Waals surface area contributed by atoms with E-state index in [4.69, 9.17) is 11.6 Å². The largest absolute Gasteiger partial charge is 0.293 e. The zero-order valence-electron chi connectivity index (χ0n) is 9.56. The number of ketones is 1. The van der Waals surface area contributed by atoms with Crippen molar-refractivity contribution >= 4 is 23.1 Å². The molecule has 0 aliphatic heterocycles. The fourth-order valence-corrected chi connectivity index (χ4v) is 1.72. The highest BCUT2D eigenvalue weighted by molar-refractivity contribution is 6.33. The number of benzene rings is 1. The summed E-state index contributed by atoms with van der Waals surface area (Å²) in [6.07, 6.45) is 2.51. The second kappa shape index (κ2) is 6.35. The van der Waals surface area contributed by atoms with Crippen LogP contribution in [0.25, 0.3) is 0 Å². The SMILES string of the molecule is CCCCC(Cl)C(=O)c1ccc([N+](=O)[O-])cc1. The lowest BCUT2D eigenvalue weighted by Crippen LogP contribution is -2.14. The Morgan fingerprint density at radius 2 is 2.00 bits per heavy atom. The molecule has 0 aliphatic carbocycles. The molecule has 1 aromatic rings. The van der Waals surface area contributed by atoms with Crippen LogP contribution < -0.4 is 0 Å². The van der Waals surface area contributed by atoms with Crippen LogP contribution in [0.5, 0.6) is 0 Å². The predicted molar refractivity (Wildman–Crippen MR) is 66.6 cm³/mol. The summed E-state index contributed by atoms with van der Waals surface area (Å²) in [5, 5.41) is 9.91. The summed E-state index contributed by atoms with van der Waals surface area (Å²) in [5.41, 5.74) is 0.396. The molecule has 1 aromatic carbocycles. The number of Topliss-reactive ketones (excluding diaryl/α,β-unsaturated/α-hetero) is 1. The standard InChI is InChI=1S/C12H14ClNO3/c1-2-3-4-11(13)12(15)9-5-7-10(8-6-9)14(16)17/h5-8,11H,2-4H2,1H3. The normalized spacial score (nSPS) is 12.1. The number of nitro benzene ring substituents is 1. The Kier molecular flexibility index (Phi) is 5.10. The van der Waals surface area contributed by atoms with Gasteiger partial charge in [-0.15, -0.1) is 11.6 Å². The Bertz CT molecular complexity index is 403. The summed E-state index contributed by atoms with van der Waals surface area (Å²) in [7, 11) is 0. The van der Waals surface area contributed by atoms with Gasteiger partial charge in [-0.05, 0) is 18.6 Å². The molecule has 17 heavy (non-hydrogen) atoms. The van der Waals surface area contributed by atoms with Crippen LogP contribution in [0.2, 0.25) is 0 Å². The smallest absolute Gasteiger partial charge is 0.269 e. The second-order valence-corrected chi connectivity index (χ2v) is 4.30. The molecule has 0 saturated carbocycles. The number of carbonyl (C=O) groups excluding carboxylic acids is 1. The van der Waals surface area contributed by atoms with E-state index >= 15 is 0 Å². The molecule has 0 fully saturated rings. The Morgan fingerprint density at radius 1 is 1.41 bits per heavy atom. The molecule has 1 atom stereocenters. The molecule has 0 radical (unpaired) electrons. The van der Waals surface area contributed by atoms with Crippen LogP contribution >= 0.6 is 11.6 Å². The van der Waals surface area contributed by atoms with Crippen LogP contribution in [0.3, 0.4) is 0 Å². The summed E-state index contributed by atoms with van der Waals surface area (Å²) in [5.74, 6) is -0.171. The first-order chi connectivity index (χ1) is 8.06. The summed E-state index contributed by atoms with van der Waals surface area (Å²) in [6.45, 7) is 2.03. The lowest BCUT2D eigenvalue weighted by Gasteiger charge is -2.07. The Labute approximate surface area is 105 Å². The minimum Gasteiger partial charge on any atom is -0.293 e. The summed E-state index contributed by atoms with van der Waals surface area (Å²) in [4.78, 5) is 21.8. The van der Waals surface area contributed by atoms with Crippen LogP contribution in [0.4, 0.5) is 5.69 Å². The van der Waals surface area contributed by atoms with Gasteiger partial charge in [0.05, 0.1) is 10.3 Å². The van der Waals surface area contributed by atoms with Gasteiger partial charge in [0.25, 0.3) is 5.69 Å². The van der Waals surface area contributed by atoms with Crippen LogP contribution in [0, 0.1) is 10.1 Å². The van der Waals surface area contributed by atoms with Gasteiger partial charge in [-0.2, -0.15) is 0 Å². The van der Waals surface area contributed by atoms with Crippen molar-refractivity contribution in [2.24, 2.45) is 0 Å². The third-order valence-electron chi connectivity index (χ3n) is 2.46. The average Bonchev–Trinajstić information content (AvgIpc) is 2.35. The first-order valence-electron chi connectivity index (χ1n) is 5.49. The Balaban J connectivity index is 2.72. The second-order valence-electron chi connectivity index (χ2n) is 3.78. The molecule has 0 heterocycles. The number of halogens is 1. The maximum absolute atomic E-state index is 11.8. The molecule has 92 valence electrons. The van der Waals surface area contributed by atoms with E-state index < -0.39 is 10.3 Å². The Hall–Kier alpha value is -1.42. The van der Waals surface area contributed by atoms with Crippen LogP contribution in [-0.4, -0.2) is 16.1 Å². The first-order valence-corrected chi connectivity index (χ1v) is 5.92. The van der Waals surface area contributed by atoms with Crippen molar-refractivity contribution in [3.8, 4) is 0 Å². The molecule has 0 aliphatic rings. The number of nitro groups is 1. The van der Waals surface area contributed by atoms with Gasteiger partial charge in [0, 0.05) is 17.7 Å². The van der Waals surface area contributed by atoms with Crippen molar-refractivity contribution in [3.63, 3.8) is 0 Å². The molecule has 0 N–H and O–H groups in total. The van der Waals surface area contributed by atoms with Gasteiger partial charge >= 0.3 is 0 Å². The molecule has 1 rings (SSSR count). The van der Waals surface area contributed by atoms with Gasteiger partial charge in [0.1, 0.15) is 0 Å². The number of non-ortho nitro benzene ring substituents is 1. The molecule has 0 amide bonds. The van der Waals surface area contributed by atoms with E-state index in [0.29, 0.717) is 12.0 Å². The van der Waals surface area contributed by atoms with E-state index in [1.165, 1.54) is 24.3 Å². The molecule has 0 saturated heterocycles. The van der Waals surface area contributed by atoms with Gasteiger partial charge in [0.2, 0.25) is 0 Å². The molecule has 0 aromatic heterocycles. The number of rotatable bonds is 6. The average molecular weight is 256 g/mol. The highest BCUT2D eigenvalue weighted by Crippen LogP contribution is 2.17. The summed E-state index contributed by atoms with van der Waals surface area (Å²) < 4.78 is 0. The minimum atomic E-state index is -0.545. The number of alkyl halides is 1. The fraction of sp³-hybridized carbons (Fsp3) is 0.417. The van der Waals surface area contributed by atoms with Crippen molar-refractivity contribution < 1.29 is 9.72 Å². The molecule has 0 bridgehead atoms. The van der Waals surface area contributed by atoms with Gasteiger partial charge in [-0.25, -0.2) is 0 Å². The van der Waals surface area contributed by atoms with Crippen molar-refractivity contribution in [2.45, 2.75) is 31.6 Å². The molecule has 4 nitrogen and oxygen atoms in total. The lowest BCUT2D eigenvalue weighted by atomic mass is 10.0. The number of nitrogens with zero attached hydrogens (tertiary/aromatic N) is 1. The van der Waals surface area contributed by atoms with Gasteiger partial charge in [-0.1, -0.05) is 19.8 Å². The van der Waals surface area contributed by atoms with E-state index in [0.717, 1.165) is 12.8 Å². The number of hydrogen-bond acceptors (Lipinski definition) is 3. The van der Waals surface area contributed by atoms with Crippen molar-refractivity contribution in [2.75, 3.05) is 0 Å². The number of carbonyl (C=O) groups is 1. The molecular formula is C12H14ClNO3. The zero-order valence-corrected chi connectivity index (χ0v) is 10.3. The van der Waals surface area contributed by atoms with E-state index in [-0.39, 0.29) is 11.5 Å².